The number of carboxylic acids is 1. The van der Waals surface area contributed by atoms with Crippen LogP contribution in [-0.4, -0.2) is 58.5 Å². The summed E-state index contributed by atoms with van der Waals surface area (Å²) in [4.78, 5) is 55.4. The van der Waals surface area contributed by atoms with E-state index < -0.39 is 36.2 Å². The molecule has 12 nitrogen and oxygen atoms in total. The van der Waals surface area contributed by atoms with Crippen LogP contribution in [0.2, 0.25) is 10.0 Å². The molecule has 1 fully saturated rings. The minimum absolute atomic E-state index is 0.00421. The quantitative estimate of drug-likeness (QED) is 0.123. The van der Waals surface area contributed by atoms with Crippen molar-refractivity contribution in [2.75, 3.05) is 11.9 Å². The number of aliphatic carboxylic acids is 1. The number of ether oxygens (including phenoxy) is 3. The van der Waals surface area contributed by atoms with Crippen molar-refractivity contribution in [3.05, 3.63) is 147 Å². The third kappa shape index (κ3) is 8.79. The van der Waals surface area contributed by atoms with Gasteiger partial charge in [0, 0.05) is 31.6 Å². The zero-order valence-electron chi connectivity index (χ0n) is 32.0. The molecule has 3 aliphatic rings. The highest BCUT2D eigenvalue weighted by atomic mass is 35.5. The van der Waals surface area contributed by atoms with E-state index in [0.29, 0.717) is 68.9 Å². The monoisotopic (exact) mass is 844 g/mol. The highest BCUT2D eigenvalue weighted by Crippen LogP contribution is 2.40. The van der Waals surface area contributed by atoms with Crippen molar-refractivity contribution < 1.29 is 38.5 Å². The number of anilines is 1. The number of benzene rings is 5. The maximum Gasteiger partial charge on any atom is 0.326 e. The summed E-state index contributed by atoms with van der Waals surface area (Å²) < 4.78 is 17.9. The molecule has 304 valence electrons. The molecule has 3 N–H and O–H groups in total. The summed E-state index contributed by atoms with van der Waals surface area (Å²) in [6, 6.07) is 30.0. The Morgan fingerprint density at radius 3 is 2.30 bits per heavy atom. The molecule has 5 aromatic rings. The Morgan fingerprint density at radius 2 is 1.63 bits per heavy atom. The van der Waals surface area contributed by atoms with Gasteiger partial charge in [0.05, 0.1) is 27.4 Å². The van der Waals surface area contributed by atoms with Gasteiger partial charge in [-0.25, -0.2) is 4.79 Å². The Kier molecular flexibility index (Phi) is 11.7. The third-order valence-corrected chi connectivity index (χ3v) is 11.6. The fraction of sp³-hybridized carbons (Fsp3) is 0.239. The largest absolute Gasteiger partial charge is 0.489 e. The molecule has 0 aromatic heterocycles. The molecule has 0 bridgehead atoms. The van der Waals surface area contributed by atoms with E-state index in [4.69, 9.17) is 42.7 Å². The lowest BCUT2D eigenvalue weighted by Gasteiger charge is -2.38. The van der Waals surface area contributed by atoms with Crippen LogP contribution in [0.3, 0.4) is 0 Å². The number of fused-ring (bicyclic) bond motifs is 2. The van der Waals surface area contributed by atoms with Crippen molar-refractivity contribution in [1.29, 1.82) is 5.26 Å². The normalized spacial score (nSPS) is 18.5. The number of nitrogens with one attached hydrogen (secondary N) is 2. The Hall–Kier alpha value is -6.39. The molecule has 14 heteroatoms. The van der Waals surface area contributed by atoms with E-state index in [1.54, 1.807) is 72.8 Å². The Labute approximate surface area is 355 Å². The fourth-order valence-corrected chi connectivity index (χ4v) is 7.96. The minimum Gasteiger partial charge on any atom is -0.489 e. The van der Waals surface area contributed by atoms with Crippen molar-refractivity contribution >= 4 is 52.6 Å². The van der Waals surface area contributed by atoms with E-state index in [0.717, 1.165) is 22.3 Å². The lowest BCUT2D eigenvalue weighted by atomic mass is 9.91. The van der Waals surface area contributed by atoms with Crippen LogP contribution in [0.5, 0.6) is 11.5 Å². The van der Waals surface area contributed by atoms with Crippen LogP contribution in [0.15, 0.2) is 103 Å². The molecule has 8 rings (SSSR count). The molecule has 0 saturated carbocycles. The number of rotatable bonds is 11. The second-order valence-corrected chi connectivity index (χ2v) is 15.7. The molecular formula is C46H38Cl2N4O8. The SMILES string of the molecule is N#Cc1ccc(-c2ccc(C[C@H](NC(=O)C3Cc4cc5c(cc4CN3C(=O)[C@@H]3CCCO3)O[C@@H](c3ccc(OCc4ccc(Cl)c(Cl)c4)cc3)C(=O)N5)C(=O)O)cc2)cc1. The molecule has 0 radical (unpaired) electrons. The minimum atomic E-state index is -1.28. The van der Waals surface area contributed by atoms with Crippen LogP contribution < -0.4 is 20.1 Å². The zero-order chi connectivity index (χ0) is 41.9. The average Bonchev–Trinajstić information content (AvgIpc) is 3.81. The number of amides is 3. The van der Waals surface area contributed by atoms with E-state index in [9.17, 15) is 24.3 Å². The predicted octanol–water partition coefficient (Wildman–Crippen LogP) is 7.43. The molecule has 4 atom stereocenters. The van der Waals surface area contributed by atoms with Gasteiger partial charge in [-0.2, -0.15) is 5.26 Å². The number of carbonyl (C=O) groups excluding carboxylic acids is 3. The van der Waals surface area contributed by atoms with Gasteiger partial charge in [0.2, 0.25) is 12.0 Å². The number of carbonyl (C=O) groups is 4. The highest BCUT2D eigenvalue weighted by Gasteiger charge is 2.41. The second-order valence-electron chi connectivity index (χ2n) is 14.9. The number of nitrogens with zero attached hydrogens (tertiary/aromatic N) is 2. The first-order chi connectivity index (χ1) is 29.0. The maximum atomic E-state index is 14.1. The summed E-state index contributed by atoms with van der Waals surface area (Å²) in [7, 11) is 0. The zero-order valence-corrected chi connectivity index (χ0v) is 33.5. The van der Waals surface area contributed by atoms with Crippen LogP contribution in [0.4, 0.5) is 5.69 Å². The van der Waals surface area contributed by atoms with Gasteiger partial charge in [-0.3, -0.25) is 14.4 Å². The van der Waals surface area contributed by atoms with Crippen LogP contribution in [0, 0.1) is 11.3 Å². The second kappa shape index (κ2) is 17.5. The van der Waals surface area contributed by atoms with Crippen molar-refractivity contribution in [2.45, 2.75) is 63.1 Å². The summed E-state index contributed by atoms with van der Waals surface area (Å²) >= 11 is 12.1. The van der Waals surface area contributed by atoms with Crippen molar-refractivity contribution in [3.63, 3.8) is 0 Å². The van der Waals surface area contributed by atoms with Gasteiger partial charge in [-0.15, -0.1) is 0 Å². The number of hydrogen-bond acceptors (Lipinski definition) is 8. The summed E-state index contributed by atoms with van der Waals surface area (Å²) in [5.41, 5.74) is 6.32. The van der Waals surface area contributed by atoms with E-state index in [1.165, 1.54) is 4.90 Å². The summed E-state index contributed by atoms with van der Waals surface area (Å²) in [6.45, 7) is 0.734. The van der Waals surface area contributed by atoms with Gasteiger partial charge in [-0.1, -0.05) is 77.8 Å². The molecule has 1 saturated heterocycles. The Balaban J connectivity index is 0.974. The van der Waals surface area contributed by atoms with Crippen LogP contribution in [-0.2, 0) is 49.9 Å². The predicted molar refractivity (Wildman–Crippen MR) is 223 cm³/mol. The fourth-order valence-electron chi connectivity index (χ4n) is 7.64. The van der Waals surface area contributed by atoms with Crippen molar-refractivity contribution in [3.8, 4) is 28.7 Å². The summed E-state index contributed by atoms with van der Waals surface area (Å²) in [5.74, 6) is -1.59. The number of hydrogen-bond donors (Lipinski definition) is 3. The van der Waals surface area contributed by atoms with Crippen LogP contribution >= 0.6 is 23.2 Å². The molecule has 3 aliphatic heterocycles. The third-order valence-electron chi connectivity index (χ3n) is 10.9. The molecule has 5 aromatic carbocycles. The standard InChI is InChI=1S/C46H38Cl2N4O8/c47-35-16-7-28(18-36(35)48)25-59-34-14-12-31(13-15-34)42-44(54)50-37-20-32-21-39(52(24-33(32)22-41(37)60-42)45(55)40-2-1-17-58-40)43(53)51-38(46(56)57)19-26-3-8-29(9-4-26)30-10-5-27(23-49)6-11-30/h3-16,18,20,22,38-40,42H,1-2,17,19,21,24-25H2,(H,50,54)(H,51,53)(H,56,57)/t38-,39?,40-,42-/m0/s1. The molecule has 3 heterocycles. The van der Waals surface area contributed by atoms with Gasteiger partial charge in [0.25, 0.3) is 11.8 Å². The van der Waals surface area contributed by atoms with E-state index in [-0.39, 0.29) is 37.8 Å². The topological polar surface area (TPSA) is 167 Å². The number of halogens is 2. The molecule has 0 spiro atoms. The number of nitriles is 1. The van der Waals surface area contributed by atoms with Crippen LogP contribution in [0.1, 0.15) is 52.3 Å². The van der Waals surface area contributed by atoms with E-state index in [1.807, 2.05) is 30.3 Å². The molecular weight excluding hydrogens is 807 g/mol. The lowest BCUT2D eigenvalue weighted by molar-refractivity contribution is -0.150. The first-order valence-electron chi connectivity index (χ1n) is 19.4. The van der Waals surface area contributed by atoms with Gasteiger partial charge < -0.3 is 34.9 Å². The Bertz CT molecular complexity index is 2500. The maximum absolute atomic E-state index is 14.1. The van der Waals surface area contributed by atoms with Crippen molar-refractivity contribution in [2.24, 2.45) is 0 Å². The highest BCUT2D eigenvalue weighted by molar-refractivity contribution is 6.42. The number of carboxylic acid groups (broad SMARTS) is 1. The van der Waals surface area contributed by atoms with Crippen LogP contribution in [0.25, 0.3) is 11.1 Å². The first kappa shape index (κ1) is 40.4. The summed E-state index contributed by atoms with van der Waals surface area (Å²) in [6.07, 6.45) is -0.402. The van der Waals surface area contributed by atoms with Gasteiger partial charge in [0.15, 0.2) is 0 Å². The molecule has 60 heavy (non-hydrogen) atoms. The molecule has 1 unspecified atom stereocenters. The lowest BCUT2D eigenvalue weighted by Crippen LogP contribution is -2.57. The van der Waals surface area contributed by atoms with Gasteiger partial charge in [-0.05, 0) is 94.8 Å². The Morgan fingerprint density at radius 1 is 0.917 bits per heavy atom. The summed E-state index contributed by atoms with van der Waals surface area (Å²) in [5, 5.41) is 25.8. The average molecular weight is 846 g/mol. The van der Waals surface area contributed by atoms with E-state index >= 15 is 0 Å². The van der Waals surface area contributed by atoms with E-state index in [2.05, 4.69) is 16.7 Å². The van der Waals surface area contributed by atoms with Crippen molar-refractivity contribution in [1.82, 2.24) is 10.2 Å². The smallest absolute Gasteiger partial charge is 0.326 e. The van der Waals surface area contributed by atoms with Gasteiger partial charge >= 0.3 is 5.97 Å². The molecule has 0 aliphatic carbocycles. The van der Waals surface area contributed by atoms with Gasteiger partial charge in [0.1, 0.15) is 36.3 Å². The molecule has 3 amide bonds. The first-order valence-corrected chi connectivity index (χ1v) is 20.1.